The van der Waals surface area contributed by atoms with Gasteiger partial charge in [-0.3, -0.25) is 9.59 Å². The third-order valence-corrected chi connectivity index (χ3v) is 3.71. The van der Waals surface area contributed by atoms with Crippen LogP contribution < -0.4 is 5.32 Å². The Hall–Kier alpha value is -3.54. The molecule has 0 saturated carbocycles. The van der Waals surface area contributed by atoms with E-state index in [1.165, 1.54) is 13.0 Å². The van der Waals surface area contributed by atoms with E-state index in [1.54, 1.807) is 41.2 Å². The number of rotatable bonds is 6. The lowest BCUT2D eigenvalue weighted by Gasteiger charge is -2.02. The van der Waals surface area contributed by atoms with E-state index in [2.05, 4.69) is 15.6 Å². The average Bonchev–Trinajstić information content (AvgIpc) is 3.09. The number of nitrogens with one attached hydrogen (secondary N) is 1. The summed E-state index contributed by atoms with van der Waals surface area (Å²) in [5, 5.41) is 10.8. The zero-order chi connectivity index (χ0) is 18.4. The third-order valence-electron chi connectivity index (χ3n) is 3.71. The van der Waals surface area contributed by atoms with Crippen LogP contribution in [0.2, 0.25) is 0 Å². The Morgan fingerprint density at radius 3 is 2.50 bits per heavy atom. The number of ketones is 1. The van der Waals surface area contributed by atoms with E-state index in [4.69, 9.17) is 0 Å². The smallest absolute Gasteiger partial charge is 0.248 e. The van der Waals surface area contributed by atoms with Crippen LogP contribution in [0.15, 0.2) is 66.9 Å². The molecule has 130 valence electrons. The molecule has 0 aliphatic heterocycles. The summed E-state index contributed by atoms with van der Waals surface area (Å²) in [6.07, 6.45) is 4.78. The predicted octanol–water partition coefficient (Wildman–Crippen LogP) is 3.18. The normalized spacial score (nSPS) is 10.8. The van der Waals surface area contributed by atoms with Crippen LogP contribution in [0.3, 0.4) is 0 Å². The highest BCUT2D eigenvalue weighted by molar-refractivity contribution is 6.02. The summed E-state index contributed by atoms with van der Waals surface area (Å²) in [5.41, 5.74) is 2.95. The minimum atomic E-state index is -0.279. The van der Waals surface area contributed by atoms with Crippen LogP contribution in [0, 0.1) is 0 Å². The van der Waals surface area contributed by atoms with Crippen LogP contribution in [-0.2, 0) is 11.3 Å². The van der Waals surface area contributed by atoms with E-state index in [0.29, 0.717) is 23.5 Å². The number of carbonyl (C=O) groups excluding carboxylic acids is 2. The Labute approximate surface area is 151 Å². The fraction of sp³-hybridized carbons (Fsp3) is 0.100. The minimum absolute atomic E-state index is 0.0126. The molecule has 1 amide bonds. The summed E-state index contributed by atoms with van der Waals surface area (Å²) in [6.45, 7) is 2.12. The maximum absolute atomic E-state index is 12.0. The van der Waals surface area contributed by atoms with Gasteiger partial charge in [0, 0.05) is 17.3 Å². The highest BCUT2D eigenvalue weighted by atomic mass is 16.1. The lowest BCUT2D eigenvalue weighted by atomic mass is 10.1. The highest BCUT2D eigenvalue weighted by Gasteiger charge is 2.02. The van der Waals surface area contributed by atoms with Crippen molar-refractivity contribution in [2.24, 2.45) is 0 Å². The number of hydrogen-bond donors (Lipinski definition) is 1. The minimum Gasteiger partial charge on any atom is -0.323 e. The van der Waals surface area contributed by atoms with Crippen LogP contribution >= 0.6 is 0 Å². The van der Waals surface area contributed by atoms with Gasteiger partial charge in [-0.1, -0.05) is 35.5 Å². The molecule has 0 radical (unpaired) electrons. The lowest BCUT2D eigenvalue weighted by Crippen LogP contribution is -2.07. The van der Waals surface area contributed by atoms with Gasteiger partial charge in [-0.25, -0.2) is 4.68 Å². The zero-order valence-corrected chi connectivity index (χ0v) is 14.3. The number of hydrogen-bond acceptors (Lipinski definition) is 4. The Morgan fingerprint density at radius 1 is 1.08 bits per heavy atom. The first kappa shape index (κ1) is 17.3. The van der Waals surface area contributed by atoms with E-state index in [1.807, 2.05) is 30.3 Å². The van der Waals surface area contributed by atoms with Crippen LogP contribution in [0.4, 0.5) is 5.69 Å². The number of carbonyl (C=O) groups is 2. The van der Waals surface area contributed by atoms with Gasteiger partial charge in [0.25, 0.3) is 0 Å². The number of aromatic nitrogens is 3. The lowest BCUT2D eigenvalue weighted by molar-refractivity contribution is -0.111. The van der Waals surface area contributed by atoms with Crippen molar-refractivity contribution in [3.8, 4) is 0 Å². The molecule has 0 spiro atoms. The van der Waals surface area contributed by atoms with E-state index in [-0.39, 0.29) is 11.7 Å². The SMILES string of the molecule is CC(=O)c1ccc(NC(=O)C=Cc2cn(Cc3ccccc3)nn2)cc1. The molecule has 6 heteroatoms. The van der Waals surface area contributed by atoms with Crippen LogP contribution in [-0.4, -0.2) is 26.7 Å². The largest absolute Gasteiger partial charge is 0.323 e. The van der Waals surface area contributed by atoms with Gasteiger partial charge in [-0.15, -0.1) is 5.10 Å². The standard InChI is InChI=1S/C20H18N4O2/c1-15(25)17-7-9-18(10-8-17)21-20(26)12-11-19-14-24(23-22-19)13-16-5-3-2-4-6-16/h2-12,14H,13H2,1H3,(H,21,26). The maximum Gasteiger partial charge on any atom is 0.248 e. The van der Waals surface area contributed by atoms with Crippen molar-refractivity contribution in [1.29, 1.82) is 0 Å². The van der Waals surface area contributed by atoms with Gasteiger partial charge in [-0.2, -0.15) is 0 Å². The predicted molar refractivity (Wildman–Crippen MR) is 99.7 cm³/mol. The van der Waals surface area contributed by atoms with Crippen LogP contribution in [0.5, 0.6) is 0 Å². The average molecular weight is 346 g/mol. The molecule has 0 fully saturated rings. The fourth-order valence-corrected chi connectivity index (χ4v) is 2.37. The molecule has 1 heterocycles. The van der Waals surface area contributed by atoms with Gasteiger partial charge < -0.3 is 5.32 Å². The van der Waals surface area contributed by atoms with Crippen molar-refractivity contribution in [3.63, 3.8) is 0 Å². The molecular formula is C20H18N4O2. The Bertz CT molecular complexity index is 928. The quantitative estimate of drug-likeness (QED) is 0.549. The summed E-state index contributed by atoms with van der Waals surface area (Å²) in [7, 11) is 0. The number of nitrogens with zero attached hydrogens (tertiary/aromatic N) is 3. The van der Waals surface area contributed by atoms with E-state index in [0.717, 1.165) is 5.56 Å². The monoisotopic (exact) mass is 346 g/mol. The van der Waals surface area contributed by atoms with Gasteiger partial charge in [-0.05, 0) is 42.8 Å². The molecule has 0 unspecified atom stereocenters. The fourth-order valence-electron chi connectivity index (χ4n) is 2.37. The summed E-state index contributed by atoms with van der Waals surface area (Å²) in [4.78, 5) is 23.2. The Morgan fingerprint density at radius 2 is 1.81 bits per heavy atom. The second-order valence-electron chi connectivity index (χ2n) is 5.78. The number of benzene rings is 2. The first-order valence-electron chi connectivity index (χ1n) is 8.14. The van der Waals surface area contributed by atoms with Gasteiger partial charge in [0.1, 0.15) is 5.69 Å². The molecule has 3 aromatic rings. The number of anilines is 1. The Balaban J connectivity index is 1.57. The molecule has 0 bridgehead atoms. The van der Waals surface area contributed by atoms with Crippen molar-refractivity contribution >= 4 is 23.5 Å². The first-order valence-corrected chi connectivity index (χ1v) is 8.14. The molecule has 2 aromatic carbocycles. The number of Topliss-reactive ketones (excluding diaryl/α,β-unsaturated/α-hetero) is 1. The van der Waals surface area contributed by atoms with Crippen LogP contribution in [0.25, 0.3) is 6.08 Å². The maximum atomic E-state index is 12.0. The molecule has 0 saturated heterocycles. The van der Waals surface area contributed by atoms with Gasteiger partial charge >= 0.3 is 0 Å². The summed E-state index contributed by atoms with van der Waals surface area (Å²) >= 11 is 0. The Kier molecular flexibility index (Phi) is 5.34. The molecule has 0 aliphatic rings. The van der Waals surface area contributed by atoms with E-state index < -0.39 is 0 Å². The molecule has 26 heavy (non-hydrogen) atoms. The van der Waals surface area contributed by atoms with Crippen molar-refractivity contribution < 1.29 is 9.59 Å². The van der Waals surface area contributed by atoms with Crippen molar-refractivity contribution in [2.75, 3.05) is 5.32 Å². The molecule has 0 aliphatic carbocycles. The van der Waals surface area contributed by atoms with Crippen molar-refractivity contribution in [1.82, 2.24) is 15.0 Å². The molecule has 6 nitrogen and oxygen atoms in total. The highest BCUT2D eigenvalue weighted by Crippen LogP contribution is 2.10. The van der Waals surface area contributed by atoms with E-state index >= 15 is 0 Å². The summed E-state index contributed by atoms with van der Waals surface area (Å²) in [6, 6.07) is 16.7. The van der Waals surface area contributed by atoms with Gasteiger partial charge in [0.2, 0.25) is 5.91 Å². The second-order valence-corrected chi connectivity index (χ2v) is 5.78. The molecule has 1 aromatic heterocycles. The second kappa shape index (κ2) is 8.02. The van der Waals surface area contributed by atoms with Gasteiger partial charge in [0.05, 0.1) is 12.7 Å². The number of amides is 1. The summed E-state index contributed by atoms with van der Waals surface area (Å²) in [5.74, 6) is -0.292. The first-order chi connectivity index (χ1) is 12.6. The molecule has 3 rings (SSSR count). The van der Waals surface area contributed by atoms with Crippen molar-refractivity contribution in [2.45, 2.75) is 13.5 Å². The van der Waals surface area contributed by atoms with Crippen molar-refractivity contribution in [3.05, 3.63) is 83.7 Å². The molecule has 1 N–H and O–H groups in total. The van der Waals surface area contributed by atoms with Gasteiger partial charge in [0.15, 0.2) is 5.78 Å². The molecular weight excluding hydrogens is 328 g/mol. The van der Waals surface area contributed by atoms with Crippen LogP contribution in [0.1, 0.15) is 28.5 Å². The molecule has 0 atom stereocenters. The van der Waals surface area contributed by atoms with E-state index in [9.17, 15) is 9.59 Å². The zero-order valence-electron chi connectivity index (χ0n) is 14.3. The summed E-state index contributed by atoms with van der Waals surface area (Å²) < 4.78 is 1.72. The third kappa shape index (κ3) is 4.73. The topological polar surface area (TPSA) is 76.9 Å².